The topological polar surface area (TPSA) is 98.0 Å². The van der Waals surface area contributed by atoms with E-state index in [1.807, 2.05) is 0 Å². The van der Waals surface area contributed by atoms with E-state index < -0.39 is 10.0 Å². The van der Waals surface area contributed by atoms with E-state index in [0.717, 1.165) is 0 Å². The van der Waals surface area contributed by atoms with E-state index in [4.69, 9.17) is 40.5 Å². The van der Waals surface area contributed by atoms with Gasteiger partial charge in [-0.25, -0.2) is 13.4 Å². The Labute approximate surface area is 136 Å². The maximum Gasteiger partial charge on any atom is 0.263 e. The van der Waals surface area contributed by atoms with Gasteiger partial charge in [-0.15, -0.1) is 0 Å². The minimum absolute atomic E-state index is 0.0139. The molecule has 3 N–H and O–H groups in total. The van der Waals surface area contributed by atoms with Gasteiger partial charge >= 0.3 is 0 Å². The van der Waals surface area contributed by atoms with Crippen molar-refractivity contribution in [3.05, 3.63) is 39.2 Å². The summed E-state index contributed by atoms with van der Waals surface area (Å²) in [6, 6.07) is 3.97. The van der Waals surface area contributed by atoms with Gasteiger partial charge < -0.3 is 5.73 Å². The highest BCUT2D eigenvalue weighted by atomic mass is 35.5. The molecule has 0 aliphatic rings. The van der Waals surface area contributed by atoms with Gasteiger partial charge in [-0.1, -0.05) is 23.2 Å². The zero-order valence-electron chi connectivity index (χ0n) is 10.6. The van der Waals surface area contributed by atoms with Crippen LogP contribution < -0.4 is 10.5 Å². The van der Waals surface area contributed by atoms with Crippen LogP contribution in [0.25, 0.3) is 0 Å². The molecule has 0 aliphatic heterocycles. The Bertz CT molecular complexity index is 791. The van der Waals surface area contributed by atoms with Crippen LogP contribution in [-0.4, -0.2) is 18.4 Å². The van der Waals surface area contributed by atoms with Crippen LogP contribution in [0.2, 0.25) is 15.5 Å². The molecule has 0 radical (unpaired) electrons. The van der Waals surface area contributed by atoms with E-state index in [9.17, 15) is 8.42 Å². The first kappa shape index (κ1) is 16.1. The van der Waals surface area contributed by atoms with Crippen molar-refractivity contribution in [1.82, 2.24) is 9.97 Å². The van der Waals surface area contributed by atoms with Gasteiger partial charge in [0.25, 0.3) is 10.0 Å². The third-order valence-electron chi connectivity index (χ3n) is 2.49. The predicted octanol–water partition coefficient (Wildman–Crippen LogP) is 3.13. The number of aromatic nitrogens is 2. The monoisotopic (exact) mass is 366 g/mol. The highest BCUT2D eigenvalue weighted by Crippen LogP contribution is 2.27. The molecule has 0 atom stereocenters. The molecule has 0 fully saturated rings. The zero-order valence-corrected chi connectivity index (χ0v) is 13.6. The number of benzene rings is 1. The average Bonchev–Trinajstić information content (AvgIpc) is 2.31. The van der Waals surface area contributed by atoms with Gasteiger partial charge in [0, 0.05) is 6.07 Å². The molecule has 1 aromatic carbocycles. The number of hydrogen-bond acceptors (Lipinski definition) is 5. The largest absolute Gasteiger partial charge is 0.397 e. The molecule has 112 valence electrons. The van der Waals surface area contributed by atoms with E-state index in [1.54, 1.807) is 6.92 Å². The van der Waals surface area contributed by atoms with Crippen LogP contribution in [-0.2, 0) is 10.0 Å². The van der Waals surface area contributed by atoms with Gasteiger partial charge in [-0.05, 0) is 36.2 Å². The van der Waals surface area contributed by atoms with Crippen LogP contribution in [0.3, 0.4) is 0 Å². The second-order valence-electron chi connectivity index (χ2n) is 4.09. The molecular weight excluding hydrogens is 359 g/mol. The summed E-state index contributed by atoms with van der Waals surface area (Å²) in [4.78, 5) is 7.35. The van der Waals surface area contributed by atoms with Gasteiger partial charge in [0.05, 0.1) is 15.6 Å². The summed E-state index contributed by atoms with van der Waals surface area (Å²) in [7, 11) is -3.91. The van der Waals surface area contributed by atoms with E-state index in [1.165, 1.54) is 18.2 Å². The van der Waals surface area contributed by atoms with Crippen molar-refractivity contribution in [2.24, 2.45) is 0 Å². The molecule has 0 unspecified atom stereocenters. The van der Waals surface area contributed by atoms with Crippen molar-refractivity contribution in [2.75, 3.05) is 10.5 Å². The molecule has 10 heteroatoms. The Morgan fingerprint density at radius 3 is 2.43 bits per heavy atom. The molecule has 0 saturated heterocycles. The number of nitrogen functional groups attached to an aromatic ring is 1. The first-order chi connectivity index (χ1) is 9.69. The zero-order chi connectivity index (χ0) is 15.8. The number of hydrogen-bond donors (Lipinski definition) is 2. The smallest absolute Gasteiger partial charge is 0.263 e. The molecule has 21 heavy (non-hydrogen) atoms. The van der Waals surface area contributed by atoms with Crippen molar-refractivity contribution in [2.45, 2.75) is 11.8 Å². The molecular formula is C11H9Cl3N4O2S. The summed E-state index contributed by atoms with van der Waals surface area (Å²) in [5.74, 6) is -0.0482. The minimum Gasteiger partial charge on any atom is -0.397 e. The lowest BCUT2D eigenvalue weighted by atomic mass is 10.2. The van der Waals surface area contributed by atoms with Gasteiger partial charge in [-0.3, -0.25) is 4.72 Å². The van der Waals surface area contributed by atoms with Crippen LogP contribution in [0.15, 0.2) is 23.1 Å². The van der Waals surface area contributed by atoms with Gasteiger partial charge in [0.15, 0.2) is 0 Å². The molecule has 0 aliphatic carbocycles. The molecule has 2 aromatic rings. The van der Waals surface area contributed by atoms with Crippen LogP contribution in [0.5, 0.6) is 0 Å². The number of aryl methyl sites for hydroxylation is 1. The van der Waals surface area contributed by atoms with E-state index in [0.29, 0.717) is 5.56 Å². The molecule has 0 saturated carbocycles. The third kappa shape index (κ3) is 3.68. The van der Waals surface area contributed by atoms with Crippen LogP contribution >= 0.6 is 34.8 Å². The summed E-state index contributed by atoms with van der Waals surface area (Å²) in [5, 5.41) is 0.118. The molecule has 0 bridgehead atoms. The number of rotatable bonds is 3. The fraction of sp³-hybridized carbons (Fsp3) is 0.0909. The second kappa shape index (κ2) is 5.84. The lowest BCUT2D eigenvalue weighted by Gasteiger charge is -2.11. The number of nitrogens with zero attached hydrogens (tertiary/aromatic N) is 2. The first-order valence-corrected chi connectivity index (χ1v) is 8.09. The number of nitrogens with one attached hydrogen (secondary N) is 1. The fourth-order valence-electron chi connectivity index (χ4n) is 1.59. The summed E-state index contributed by atoms with van der Waals surface area (Å²) in [6.07, 6.45) is 0. The maximum absolute atomic E-state index is 12.4. The highest BCUT2D eigenvalue weighted by molar-refractivity contribution is 7.92. The minimum atomic E-state index is -3.91. The number of anilines is 2. The Kier molecular flexibility index (Phi) is 4.48. The summed E-state index contributed by atoms with van der Waals surface area (Å²) in [6.45, 7) is 1.60. The van der Waals surface area contributed by atoms with Crippen molar-refractivity contribution >= 4 is 56.3 Å². The second-order valence-corrected chi connectivity index (χ2v) is 6.87. The Hall–Kier alpha value is -1.28. The van der Waals surface area contributed by atoms with Crippen LogP contribution in [0, 0.1) is 6.92 Å². The van der Waals surface area contributed by atoms with Crippen LogP contribution in [0.1, 0.15) is 5.56 Å². The fourth-order valence-corrected chi connectivity index (χ4v) is 3.47. The van der Waals surface area contributed by atoms with E-state index in [2.05, 4.69) is 14.7 Å². The standard InChI is InChI=1S/C11H9Cl3N4O2S/c1-5-2-6(12)7(15)3-8(5)21(19,20)18-10-4-9(13)16-11(14)17-10/h2-4H,15H2,1H3,(H,16,17,18). The molecule has 1 heterocycles. The summed E-state index contributed by atoms with van der Waals surface area (Å²) in [5.41, 5.74) is 6.23. The van der Waals surface area contributed by atoms with Gasteiger partial charge in [-0.2, -0.15) is 4.98 Å². The SMILES string of the molecule is Cc1cc(Cl)c(N)cc1S(=O)(=O)Nc1cc(Cl)nc(Cl)n1. The van der Waals surface area contributed by atoms with E-state index >= 15 is 0 Å². The highest BCUT2D eigenvalue weighted by Gasteiger charge is 2.19. The average molecular weight is 368 g/mol. The maximum atomic E-state index is 12.4. The molecule has 0 spiro atoms. The molecule has 2 rings (SSSR count). The quantitative estimate of drug-likeness (QED) is 0.493. The molecule has 6 nitrogen and oxygen atoms in total. The number of sulfonamides is 1. The van der Waals surface area contributed by atoms with E-state index in [-0.39, 0.29) is 31.9 Å². The predicted molar refractivity (Wildman–Crippen MR) is 83.5 cm³/mol. The number of nitrogens with two attached hydrogens (primary N) is 1. The summed E-state index contributed by atoms with van der Waals surface area (Å²) >= 11 is 17.2. The molecule has 0 amide bonds. The normalized spacial score (nSPS) is 11.4. The van der Waals surface area contributed by atoms with Gasteiger partial charge in [0.1, 0.15) is 11.0 Å². The Morgan fingerprint density at radius 1 is 1.14 bits per heavy atom. The summed E-state index contributed by atoms with van der Waals surface area (Å²) < 4.78 is 27.0. The van der Waals surface area contributed by atoms with Crippen molar-refractivity contribution in [3.8, 4) is 0 Å². The van der Waals surface area contributed by atoms with Crippen LogP contribution in [0.4, 0.5) is 11.5 Å². The van der Waals surface area contributed by atoms with Crippen molar-refractivity contribution in [3.63, 3.8) is 0 Å². The molecule has 1 aromatic heterocycles. The lowest BCUT2D eigenvalue weighted by molar-refractivity contribution is 0.600. The van der Waals surface area contributed by atoms with Crippen molar-refractivity contribution in [1.29, 1.82) is 0 Å². The Morgan fingerprint density at radius 2 is 1.81 bits per heavy atom. The Balaban J connectivity index is 2.45. The third-order valence-corrected chi connectivity index (χ3v) is 4.68. The van der Waals surface area contributed by atoms with Crippen molar-refractivity contribution < 1.29 is 8.42 Å². The lowest BCUT2D eigenvalue weighted by Crippen LogP contribution is -2.16. The van der Waals surface area contributed by atoms with Gasteiger partial charge in [0.2, 0.25) is 5.28 Å². The number of halogens is 3. The first-order valence-electron chi connectivity index (χ1n) is 5.47.